The molecular weight excluding hydrogens is 380 g/mol. The topological polar surface area (TPSA) is 95.7 Å². The highest BCUT2D eigenvalue weighted by atomic mass is 35.5. The van der Waals surface area contributed by atoms with Gasteiger partial charge in [0.2, 0.25) is 5.91 Å². The van der Waals surface area contributed by atoms with Gasteiger partial charge in [0.25, 0.3) is 5.91 Å². The van der Waals surface area contributed by atoms with Crippen LogP contribution in [0.4, 0.5) is 16.2 Å². The van der Waals surface area contributed by atoms with Gasteiger partial charge in [-0.25, -0.2) is 4.79 Å². The fourth-order valence-corrected chi connectivity index (χ4v) is 4.54. The molecule has 0 aromatic heterocycles. The van der Waals surface area contributed by atoms with E-state index in [0.717, 1.165) is 41.8 Å². The number of urea groups is 1. The Kier molecular flexibility index (Phi) is 5.57. The maximum Gasteiger partial charge on any atom is 0.325 e. The van der Waals surface area contributed by atoms with Crippen molar-refractivity contribution in [2.75, 3.05) is 23.7 Å². The van der Waals surface area contributed by atoms with Crippen LogP contribution in [0.1, 0.15) is 44.6 Å². The van der Waals surface area contributed by atoms with Gasteiger partial charge in [-0.2, -0.15) is 0 Å². The number of amides is 4. The Morgan fingerprint density at radius 1 is 1.29 bits per heavy atom. The molecule has 1 aromatic carbocycles. The summed E-state index contributed by atoms with van der Waals surface area (Å²) in [6.07, 6.45) is 4.75. The Balaban J connectivity index is 0.00000225. The van der Waals surface area contributed by atoms with Gasteiger partial charge < -0.3 is 16.0 Å². The summed E-state index contributed by atoms with van der Waals surface area (Å²) in [6, 6.07) is 5.08. The Hall–Kier alpha value is -2.28. The summed E-state index contributed by atoms with van der Waals surface area (Å²) in [6.45, 7) is 2.51. The molecule has 0 atom stereocenters. The number of nitrogens with zero attached hydrogens (tertiary/aromatic N) is 2. The molecule has 1 saturated carbocycles. The van der Waals surface area contributed by atoms with E-state index in [4.69, 9.17) is 5.73 Å². The summed E-state index contributed by atoms with van der Waals surface area (Å²) in [4.78, 5) is 41.1. The largest absolute Gasteiger partial charge is 0.398 e. The van der Waals surface area contributed by atoms with Gasteiger partial charge in [0.05, 0.1) is 0 Å². The lowest BCUT2D eigenvalue weighted by Gasteiger charge is -2.34. The van der Waals surface area contributed by atoms with Crippen molar-refractivity contribution in [1.29, 1.82) is 0 Å². The van der Waals surface area contributed by atoms with E-state index in [1.807, 2.05) is 18.2 Å². The van der Waals surface area contributed by atoms with Gasteiger partial charge in [-0.1, -0.05) is 13.0 Å². The molecule has 7 nitrogen and oxygen atoms in total. The van der Waals surface area contributed by atoms with Crippen LogP contribution in [-0.2, 0) is 16.0 Å². The van der Waals surface area contributed by atoms with Crippen LogP contribution in [-0.4, -0.2) is 41.4 Å². The second kappa shape index (κ2) is 7.62. The van der Waals surface area contributed by atoms with Crippen molar-refractivity contribution in [2.24, 2.45) is 5.92 Å². The number of nitrogen functional groups attached to an aromatic ring is 1. The van der Waals surface area contributed by atoms with E-state index in [0.29, 0.717) is 31.0 Å². The number of rotatable bonds is 2. The molecule has 4 rings (SSSR count). The zero-order valence-electron chi connectivity index (χ0n) is 16.1. The van der Waals surface area contributed by atoms with E-state index >= 15 is 0 Å². The van der Waals surface area contributed by atoms with Crippen molar-refractivity contribution in [3.8, 4) is 0 Å². The molecule has 2 heterocycles. The van der Waals surface area contributed by atoms with Crippen LogP contribution in [0, 0.1) is 5.92 Å². The second-order valence-electron chi connectivity index (χ2n) is 8.08. The maximum absolute atomic E-state index is 13.0. The molecule has 3 N–H and O–H groups in total. The fraction of sp³-hybridized carbons (Fsp3) is 0.550. The van der Waals surface area contributed by atoms with Crippen LogP contribution in [0.25, 0.3) is 0 Å². The minimum absolute atomic E-state index is 0. The molecule has 4 amide bonds. The first-order valence-corrected chi connectivity index (χ1v) is 9.73. The number of hydrogen-bond donors (Lipinski definition) is 2. The average molecular weight is 407 g/mol. The molecule has 1 spiro atoms. The van der Waals surface area contributed by atoms with E-state index in [-0.39, 0.29) is 30.8 Å². The smallest absolute Gasteiger partial charge is 0.325 e. The third-order valence-corrected chi connectivity index (χ3v) is 6.25. The normalized spacial score (nSPS) is 26.7. The quantitative estimate of drug-likeness (QED) is 0.582. The Labute approximate surface area is 171 Å². The molecule has 152 valence electrons. The van der Waals surface area contributed by atoms with Crippen LogP contribution in [0.5, 0.6) is 0 Å². The van der Waals surface area contributed by atoms with Crippen LogP contribution < -0.4 is 16.0 Å². The number of benzene rings is 1. The van der Waals surface area contributed by atoms with Crippen LogP contribution in [0.15, 0.2) is 18.2 Å². The zero-order chi connectivity index (χ0) is 19.2. The Morgan fingerprint density at radius 3 is 2.71 bits per heavy atom. The van der Waals surface area contributed by atoms with Gasteiger partial charge in [-0.3, -0.25) is 14.5 Å². The summed E-state index contributed by atoms with van der Waals surface area (Å²) < 4.78 is 0. The molecule has 1 saturated heterocycles. The van der Waals surface area contributed by atoms with Gasteiger partial charge in [-0.15, -0.1) is 12.4 Å². The average Bonchev–Trinajstić information content (AvgIpc) is 2.88. The summed E-state index contributed by atoms with van der Waals surface area (Å²) in [5.41, 5.74) is 7.67. The molecule has 1 aromatic rings. The number of nitrogens with two attached hydrogens (primary N) is 1. The number of anilines is 2. The Bertz CT molecular complexity index is 805. The zero-order valence-corrected chi connectivity index (χ0v) is 16.9. The highest BCUT2D eigenvalue weighted by molar-refractivity contribution is 6.10. The first-order valence-electron chi connectivity index (χ1n) is 9.73. The van der Waals surface area contributed by atoms with Gasteiger partial charge in [0.15, 0.2) is 0 Å². The molecule has 0 bridgehead atoms. The minimum Gasteiger partial charge on any atom is -0.398 e. The predicted octanol–water partition coefficient (Wildman–Crippen LogP) is 2.47. The van der Waals surface area contributed by atoms with E-state index in [1.54, 1.807) is 4.90 Å². The van der Waals surface area contributed by atoms with E-state index in [2.05, 4.69) is 12.2 Å². The predicted molar refractivity (Wildman–Crippen MR) is 109 cm³/mol. The number of fused-ring (bicyclic) bond motifs is 1. The summed E-state index contributed by atoms with van der Waals surface area (Å²) in [7, 11) is 0. The van der Waals surface area contributed by atoms with Gasteiger partial charge in [0.1, 0.15) is 12.1 Å². The third kappa shape index (κ3) is 3.32. The molecule has 0 unspecified atom stereocenters. The minimum atomic E-state index is -0.811. The highest BCUT2D eigenvalue weighted by Gasteiger charge is 2.52. The van der Waals surface area contributed by atoms with Crippen molar-refractivity contribution in [3.63, 3.8) is 0 Å². The SMILES string of the molecule is CC1CCC2(CC1)NC(=O)N(CC(=O)N1CCCc3c(N)cccc31)C2=O.Cl. The lowest BCUT2D eigenvalue weighted by molar-refractivity contribution is -0.135. The van der Waals surface area contributed by atoms with E-state index in [1.165, 1.54) is 0 Å². The van der Waals surface area contributed by atoms with Crippen molar-refractivity contribution in [3.05, 3.63) is 23.8 Å². The van der Waals surface area contributed by atoms with Crippen LogP contribution >= 0.6 is 12.4 Å². The number of imide groups is 1. The first kappa shape index (κ1) is 20.5. The van der Waals surface area contributed by atoms with Crippen molar-refractivity contribution in [2.45, 2.75) is 51.0 Å². The number of carbonyl (C=O) groups is 3. The van der Waals surface area contributed by atoms with Crippen LogP contribution in [0.2, 0.25) is 0 Å². The van der Waals surface area contributed by atoms with E-state index in [9.17, 15) is 14.4 Å². The summed E-state index contributed by atoms with van der Waals surface area (Å²) in [5, 5.41) is 2.87. The summed E-state index contributed by atoms with van der Waals surface area (Å²) >= 11 is 0. The molecule has 8 heteroatoms. The molecular formula is C20H27ClN4O3. The lowest BCUT2D eigenvalue weighted by Crippen LogP contribution is -2.50. The van der Waals surface area contributed by atoms with Gasteiger partial charge in [0, 0.05) is 17.9 Å². The number of nitrogens with one attached hydrogen (secondary N) is 1. The molecule has 2 fully saturated rings. The van der Waals surface area contributed by atoms with Crippen molar-refractivity contribution < 1.29 is 14.4 Å². The lowest BCUT2D eigenvalue weighted by atomic mass is 9.77. The molecule has 2 aliphatic heterocycles. The molecule has 0 radical (unpaired) electrons. The molecule has 28 heavy (non-hydrogen) atoms. The van der Waals surface area contributed by atoms with Gasteiger partial charge >= 0.3 is 6.03 Å². The standard InChI is InChI=1S/C20H26N4O3.ClH/c1-13-7-9-20(10-8-13)18(26)24(19(27)22-20)12-17(25)23-11-3-4-14-15(21)5-2-6-16(14)23;/h2,5-6,13H,3-4,7-12,21H2,1H3,(H,22,27);1H. The Morgan fingerprint density at radius 2 is 2.00 bits per heavy atom. The third-order valence-electron chi connectivity index (χ3n) is 6.25. The monoisotopic (exact) mass is 406 g/mol. The highest BCUT2D eigenvalue weighted by Crippen LogP contribution is 2.37. The van der Waals surface area contributed by atoms with Gasteiger partial charge in [-0.05, 0) is 62.1 Å². The fourth-order valence-electron chi connectivity index (χ4n) is 4.54. The van der Waals surface area contributed by atoms with Crippen molar-refractivity contribution >= 4 is 41.6 Å². The number of hydrogen-bond acceptors (Lipinski definition) is 4. The maximum atomic E-state index is 13.0. The first-order chi connectivity index (χ1) is 12.9. The number of halogens is 1. The summed E-state index contributed by atoms with van der Waals surface area (Å²) in [5.74, 6) is 0.0650. The van der Waals surface area contributed by atoms with E-state index < -0.39 is 11.6 Å². The number of carbonyl (C=O) groups excluding carboxylic acids is 3. The molecule has 3 aliphatic rings. The van der Waals surface area contributed by atoms with Crippen molar-refractivity contribution in [1.82, 2.24) is 10.2 Å². The van der Waals surface area contributed by atoms with Crippen LogP contribution in [0.3, 0.4) is 0 Å². The molecule has 1 aliphatic carbocycles. The second-order valence-corrected chi connectivity index (χ2v) is 8.08.